The van der Waals surface area contributed by atoms with Crippen LogP contribution in [0.1, 0.15) is 26.7 Å². The molecule has 0 unspecified atom stereocenters. The van der Waals surface area contributed by atoms with Gasteiger partial charge in [0.1, 0.15) is 0 Å². The van der Waals surface area contributed by atoms with Crippen molar-refractivity contribution in [2.24, 2.45) is 0 Å². The first kappa shape index (κ1) is 18.9. The molecular formula is C20H22Br2. The van der Waals surface area contributed by atoms with Crippen LogP contribution in [0.2, 0.25) is 0 Å². The van der Waals surface area contributed by atoms with Crippen molar-refractivity contribution < 1.29 is 0 Å². The third-order valence-corrected chi connectivity index (χ3v) is 5.71. The van der Waals surface area contributed by atoms with E-state index in [1.165, 1.54) is 11.1 Å². The Labute approximate surface area is 151 Å². The molecule has 0 heterocycles. The standard InChI is InChI=1S/C20H22Br2/c1-13(2)7-10-15(4)16(5)19(21)20(22)17(6)18-11-8-14(3)9-12-18/h7-8,10-11H,1,4-6,9,12H2,2-3H3/b10-7-,20-19-. The predicted molar refractivity (Wildman–Crippen MR) is 107 cm³/mol. The molecule has 22 heavy (non-hydrogen) atoms. The second kappa shape index (κ2) is 8.50. The molecular weight excluding hydrogens is 400 g/mol. The molecule has 0 N–H and O–H groups in total. The summed E-state index contributed by atoms with van der Waals surface area (Å²) in [4.78, 5) is 0. The van der Waals surface area contributed by atoms with Gasteiger partial charge in [-0.1, -0.05) is 61.8 Å². The van der Waals surface area contributed by atoms with E-state index >= 15 is 0 Å². The first-order valence-corrected chi connectivity index (χ1v) is 8.66. The Hall–Kier alpha value is -1.12. The Bertz CT molecular complexity index is 649. The van der Waals surface area contributed by atoms with E-state index in [2.05, 4.69) is 77.3 Å². The van der Waals surface area contributed by atoms with Crippen LogP contribution in [0.4, 0.5) is 0 Å². The molecule has 0 aromatic heterocycles. The molecule has 0 spiro atoms. The maximum atomic E-state index is 4.21. The van der Waals surface area contributed by atoms with Crippen LogP contribution in [0.15, 0.2) is 93.0 Å². The van der Waals surface area contributed by atoms with Crippen LogP contribution in [0.3, 0.4) is 0 Å². The minimum absolute atomic E-state index is 0.827. The first-order chi connectivity index (χ1) is 10.2. The largest absolute Gasteiger partial charge is 0.0961 e. The van der Waals surface area contributed by atoms with Gasteiger partial charge >= 0.3 is 0 Å². The maximum absolute atomic E-state index is 4.21. The van der Waals surface area contributed by atoms with Gasteiger partial charge in [0.2, 0.25) is 0 Å². The maximum Gasteiger partial charge on any atom is 0.0395 e. The van der Waals surface area contributed by atoms with Crippen molar-refractivity contribution in [3.63, 3.8) is 0 Å². The molecule has 2 heteroatoms. The van der Waals surface area contributed by atoms with Crippen molar-refractivity contribution in [1.29, 1.82) is 0 Å². The Morgan fingerprint density at radius 2 is 1.64 bits per heavy atom. The lowest BCUT2D eigenvalue weighted by atomic mass is 9.94. The molecule has 0 aromatic rings. The first-order valence-electron chi connectivity index (χ1n) is 7.07. The fraction of sp³-hybridized carbons (Fsp3) is 0.200. The highest BCUT2D eigenvalue weighted by Gasteiger charge is 2.14. The van der Waals surface area contributed by atoms with E-state index in [0.717, 1.165) is 44.1 Å². The lowest BCUT2D eigenvalue weighted by Gasteiger charge is -2.16. The van der Waals surface area contributed by atoms with Crippen LogP contribution in [-0.2, 0) is 0 Å². The summed E-state index contributed by atoms with van der Waals surface area (Å²) in [6, 6.07) is 0. The van der Waals surface area contributed by atoms with E-state index in [1.54, 1.807) is 0 Å². The summed E-state index contributed by atoms with van der Waals surface area (Å²) >= 11 is 7.24. The molecule has 1 aliphatic carbocycles. The van der Waals surface area contributed by atoms with E-state index < -0.39 is 0 Å². The number of halogens is 2. The second-order valence-corrected chi connectivity index (χ2v) is 7.08. The topological polar surface area (TPSA) is 0 Å². The van der Waals surface area contributed by atoms with Gasteiger partial charge in [0, 0.05) is 8.96 Å². The van der Waals surface area contributed by atoms with Crippen molar-refractivity contribution >= 4 is 31.9 Å². The minimum atomic E-state index is 0.827. The monoisotopic (exact) mass is 420 g/mol. The molecule has 0 atom stereocenters. The Balaban J connectivity index is 2.97. The van der Waals surface area contributed by atoms with Gasteiger partial charge in [0.25, 0.3) is 0 Å². The normalized spacial score (nSPS) is 15.8. The fourth-order valence-electron chi connectivity index (χ4n) is 1.88. The van der Waals surface area contributed by atoms with E-state index in [9.17, 15) is 0 Å². The molecule has 0 saturated heterocycles. The van der Waals surface area contributed by atoms with E-state index in [1.807, 2.05) is 19.1 Å². The lowest BCUT2D eigenvalue weighted by Crippen LogP contribution is -1.96. The SMILES string of the molecule is C=C(C)/C=C\C(=C)C(=C)/C(Br)=C(/Br)C(=C)C1=CC=C(C)CC1. The number of rotatable bonds is 6. The Kier molecular flexibility index (Phi) is 7.31. The number of hydrogen-bond acceptors (Lipinski definition) is 0. The van der Waals surface area contributed by atoms with Crippen LogP contribution in [0, 0.1) is 0 Å². The molecule has 0 fully saturated rings. The van der Waals surface area contributed by atoms with Gasteiger partial charge < -0.3 is 0 Å². The molecule has 0 aliphatic heterocycles. The van der Waals surface area contributed by atoms with Crippen LogP contribution in [0.25, 0.3) is 0 Å². The van der Waals surface area contributed by atoms with Gasteiger partial charge in [-0.05, 0) is 80.8 Å². The molecule has 0 radical (unpaired) electrons. The summed E-state index contributed by atoms with van der Waals surface area (Å²) in [5.74, 6) is 0. The van der Waals surface area contributed by atoms with Gasteiger partial charge in [-0.3, -0.25) is 0 Å². The van der Waals surface area contributed by atoms with Crippen molar-refractivity contribution in [1.82, 2.24) is 0 Å². The highest BCUT2D eigenvalue weighted by Crippen LogP contribution is 2.37. The second-order valence-electron chi connectivity index (χ2n) is 5.49. The molecule has 1 aliphatic rings. The zero-order valence-corrected chi connectivity index (χ0v) is 16.5. The summed E-state index contributed by atoms with van der Waals surface area (Å²) in [5, 5.41) is 0. The summed E-state index contributed by atoms with van der Waals surface area (Å²) in [6.07, 6.45) is 10.2. The van der Waals surface area contributed by atoms with Crippen LogP contribution >= 0.6 is 31.9 Å². The lowest BCUT2D eigenvalue weighted by molar-refractivity contribution is 0.919. The Morgan fingerprint density at radius 3 is 2.14 bits per heavy atom. The van der Waals surface area contributed by atoms with Crippen molar-refractivity contribution in [3.05, 3.63) is 93.0 Å². The van der Waals surface area contributed by atoms with Crippen molar-refractivity contribution in [2.45, 2.75) is 26.7 Å². The molecule has 0 bridgehead atoms. The van der Waals surface area contributed by atoms with Crippen LogP contribution in [0.5, 0.6) is 0 Å². The third-order valence-electron chi connectivity index (χ3n) is 3.42. The van der Waals surface area contributed by atoms with E-state index in [0.29, 0.717) is 0 Å². The highest BCUT2D eigenvalue weighted by atomic mass is 79.9. The molecule has 0 aromatic carbocycles. The number of hydrogen-bond donors (Lipinski definition) is 0. The minimum Gasteiger partial charge on any atom is -0.0961 e. The molecule has 0 nitrogen and oxygen atoms in total. The molecule has 1 rings (SSSR count). The third kappa shape index (κ3) is 5.26. The van der Waals surface area contributed by atoms with Crippen LogP contribution < -0.4 is 0 Å². The molecule has 116 valence electrons. The molecule has 0 amide bonds. The van der Waals surface area contributed by atoms with Crippen molar-refractivity contribution in [2.75, 3.05) is 0 Å². The zero-order chi connectivity index (χ0) is 16.9. The van der Waals surface area contributed by atoms with Crippen LogP contribution in [-0.4, -0.2) is 0 Å². The number of allylic oxidation sites excluding steroid dienone is 12. The summed E-state index contributed by atoms with van der Waals surface area (Å²) in [6.45, 7) is 20.3. The summed E-state index contributed by atoms with van der Waals surface area (Å²) in [7, 11) is 0. The zero-order valence-electron chi connectivity index (χ0n) is 13.3. The van der Waals surface area contributed by atoms with Gasteiger partial charge in [0.05, 0.1) is 0 Å². The quantitative estimate of drug-likeness (QED) is 0.390. The summed E-state index contributed by atoms with van der Waals surface area (Å²) in [5.41, 5.74) is 6.27. The Morgan fingerprint density at radius 1 is 1.00 bits per heavy atom. The van der Waals surface area contributed by atoms with Gasteiger partial charge in [-0.15, -0.1) is 0 Å². The van der Waals surface area contributed by atoms with Crippen molar-refractivity contribution in [3.8, 4) is 0 Å². The highest BCUT2D eigenvalue weighted by molar-refractivity contribution is 9.14. The fourth-order valence-corrected chi connectivity index (χ4v) is 2.87. The summed E-state index contributed by atoms with van der Waals surface area (Å²) < 4.78 is 1.79. The van der Waals surface area contributed by atoms with E-state index in [4.69, 9.17) is 0 Å². The average molecular weight is 422 g/mol. The van der Waals surface area contributed by atoms with Gasteiger partial charge in [0.15, 0.2) is 0 Å². The molecule has 0 saturated carbocycles. The van der Waals surface area contributed by atoms with E-state index in [-0.39, 0.29) is 0 Å². The van der Waals surface area contributed by atoms with Gasteiger partial charge in [-0.2, -0.15) is 0 Å². The average Bonchev–Trinajstić information content (AvgIpc) is 2.50. The van der Waals surface area contributed by atoms with Gasteiger partial charge in [-0.25, -0.2) is 0 Å². The predicted octanol–water partition coefficient (Wildman–Crippen LogP) is 7.46. The smallest absolute Gasteiger partial charge is 0.0395 e.